The van der Waals surface area contributed by atoms with Gasteiger partial charge in [-0.1, -0.05) is 86.8 Å². The summed E-state index contributed by atoms with van der Waals surface area (Å²) in [6, 6.07) is 25.9. The second kappa shape index (κ2) is 11.4. The normalized spacial score (nSPS) is 10.3. The SMILES string of the molecule is CCCCc1ccc(C#Cc2ccc3cc(C#Cc4ccc(CCC)cc4)ccc3c2F)cc1. The Morgan fingerprint density at radius 1 is 0.588 bits per heavy atom. The van der Waals surface area contributed by atoms with Crippen molar-refractivity contribution in [2.75, 3.05) is 0 Å². The summed E-state index contributed by atoms with van der Waals surface area (Å²) in [5, 5.41) is 1.39. The van der Waals surface area contributed by atoms with E-state index in [4.69, 9.17) is 0 Å². The second-order valence-electron chi connectivity index (χ2n) is 8.61. The van der Waals surface area contributed by atoms with Crippen molar-refractivity contribution in [2.24, 2.45) is 0 Å². The van der Waals surface area contributed by atoms with Crippen LogP contribution in [0.5, 0.6) is 0 Å². The Labute approximate surface area is 202 Å². The lowest BCUT2D eigenvalue weighted by Gasteiger charge is -2.03. The number of aryl methyl sites for hydroxylation is 2. The van der Waals surface area contributed by atoms with Crippen LogP contribution < -0.4 is 0 Å². The molecule has 0 atom stereocenters. The first-order chi connectivity index (χ1) is 16.7. The van der Waals surface area contributed by atoms with Crippen LogP contribution in [0.2, 0.25) is 0 Å². The number of hydrogen-bond donors (Lipinski definition) is 0. The van der Waals surface area contributed by atoms with Crippen LogP contribution in [-0.4, -0.2) is 0 Å². The summed E-state index contributed by atoms with van der Waals surface area (Å²) in [6.07, 6.45) is 5.68. The molecule has 0 bridgehead atoms. The number of hydrogen-bond acceptors (Lipinski definition) is 0. The van der Waals surface area contributed by atoms with E-state index in [1.165, 1.54) is 24.0 Å². The highest BCUT2D eigenvalue weighted by Gasteiger charge is 2.06. The van der Waals surface area contributed by atoms with Gasteiger partial charge in [0.1, 0.15) is 5.82 Å². The van der Waals surface area contributed by atoms with E-state index in [9.17, 15) is 0 Å². The number of benzene rings is 4. The lowest BCUT2D eigenvalue weighted by molar-refractivity contribution is 0.636. The number of rotatable bonds is 5. The molecular formula is C33H29F. The molecule has 0 saturated carbocycles. The zero-order chi connectivity index (χ0) is 23.8. The van der Waals surface area contributed by atoms with Gasteiger partial charge in [0, 0.05) is 22.1 Å². The van der Waals surface area contributed by atoms with Gasteiger partial charge in [-0.25, -0.2) is 4.39 Å². The van der Waals surface area contributed by atoms with Crippen molar-refractivity contribution in [3.8, 4) is 23.7 Å². The monoisotopic (exact) mass is 444 g/mol. The molecule has 0 nitrogen and oxygen atoms in total. The first-order valence-corrected chi connectivity index (χ1v) is 12.1. The largest absolute Gasteiger partial charge is 0.205 e. The molecular weight excluding hydrogens is 415 g/mol. The fourth-order valence-electron chi connectivity index (χ4n) is 3.93. The van der Waals surface area contributed by atoms with Gasteiger partial charge in [-0.15, -0.1) is 0 Å². The molecule has 0 fully saturated rings. The molecule has 0 saturated heterocycles. The van der Waals surface area contributed by atoms with E-state index < -0.39 is 0 Å². The molecule has 0 aliphatic carbocycles. The predicted octanol–water partition coefficient (Wildman–Crippen LogP) is 8.07. The maximum Gasteiger partial charge on any atom is 0.146 e. The van der Waals surface area contributed by atoms with Crippen LogP contribution in [0.1, 0.15) is 66.5 Å². The predicted molar refractivity (Wildman–Crippen MR) is 141 cm³/mol. The van der Waals surface area contributed by atoms with Crippen molar-refractivity contribution in [1.29, 1.82) is 0 Å². The average molecular weight is 445 g/mol. The van der Waals surface area contributed by atoms with Crippen LogP contribution >= 0.6 is 0 Å². The van der Waals surface area contributed by atoms with E-state index in [1.807, 2.05) is 30.3 Å². The van der Waals surface area contributed by atoms with Crippen LogP contribution in [0.4, 0.5) is 4.39 Å². The van der Waals surface area contributed by atoms with Gasteiger partial charge in [0.05, 0.1) is 5.56 Å². The molecule has 0 amide bonds. The standard InChI is InChI=1S/C33H29F/c1-3-5-7-26-10-14-28(15-11-26)18-20-30-21-22-31-24-29(19-23-32(31)33(30)34)17-16-27-12-8-25(6-4-2)9-13-27/h8-15,19,21-24H,3-7H2,1-2H3. The Hall–Kier alpha value is -3.81. The summed E-state index contributed by atoms with van der Waals surface area (Å²) in [5.41, 5.74) is 5.80. The number of unbranched alkanes of at least 4 members (excludes halogenated alkanes) is 1. The summed E-state index contributed by atoms with van der Waals surface area (Å²) >= 11 is 0. The van der Waals surface area contributed by atoms with E-state index in [0.29, 0.717) is 10.9 Å². The summed E-state index contributed by atoms with van der Waals surface area (Å²) in [5.74, 6) is 12.2. The molecule has 0 unspecified atom stereocenters. The van der Waals surface area contributed by atoms with Crippen molar-refractivity contribution in [3.63, 3.8) is 0 Å². The Morgan fingerprint density at radius 3 is 1.82 bits per heavy atom. The first kappa shape index (κ1) is 23.4. The van der Waals surface area contributed by atoms with Crippen LogP contribution in [0, 0.1) is 29.5 Å². The molecule has 4 rings (SSSR count). The zero-order valence-corrected chi connectivity index (χ0v) is 19.9. The van der Waals surface area contributed by atoms with Crippen molar-refractivity contribution in [2.45, 2.75) is 46.0 Å². The minimum Gasteiger partial charge on any atom is -0.205 e. The van der Waals surface area contributed by atoms with E-state index in [-0.39, 0.29) is 5.82 Å². The lowest BCUT2D eigenvalue weighted by Crippen LogP contribution is -1.88. The summed E-state index contributed by atoms with van der Waals surface area (Å²) in [7, 11) is 0. The van der Waals surface area contributed by atoms with Crippen LogP contribution in [0.25, 0.3) is 10.8 Å². The quantitative estimate of drug-likeness (QED) is 0.273. The highest BCUT2D eigenvalue weighted by Crippen LogP contribution is 2.22. The van der Waals surface area contributed by atoms with Gasteiger partial charge < -0.3 is 0 Å². The molecule has 1 heteroatoms. The molecule has 0 aliphatic heterocycles. The third-order valence-electron chi connectivity index (χ3n) is 5.91. The van der Waals surface area contributed by atoms with E-state index in [1.54, 1.807) is 12.1 Å². The van der Waals surface area contributed by atoms with E-state index in [2.05, 4.69) is 73.9 Å². The number of fused-ring (bicyclic) bond motifs is 1. The average Bonchev–Trinajstić information content (AvgIpc) is 2.87. The second-order valence-corrected chi connectivity index (χ2v) is 8.61. The van der Waals surface area contributed by atoms with Crippen LogP contribution in [-0.2, 0) is 12.8 Å². The molecule has 0 aromatic heterocycles. The Morgan fingerprint density at radius 2 is 1.18 bits per heavy atom. The molecule has 0 heterocycles. The molecule has 0 spiro atoms. The van der Waals surface area contributed by atoms with Gasteiger partial charge in [-0.3, -0.25) is 0 Å². The third kappa shape index (κ3) is 5.95. The Bertz CT molecular complexity index is 1390. The van der Waals surface area contributed by atoms with Crippen LogP contribution in [0.15, 0.2) is 78.9 Å². The molecule has 0 radical (unpaired) electrons. The summed E-state index contributed by atoms with van der Waals surface area (Å²) in [4.78, 5) is 0. The summed E-state index contributed by atoms with van der Waals surface area (Å²) < 4.78 is 15.1. The lowest BCUT2D eigenvalue weighted by atomic mass is 10.0. The molecule has 0 aliphatic rings. The Kier molecular flexibility index (Phi) is 7.80. The Balaban J connectivity index is 1.52. The maximum atomic E-state index is 15.1. The van der Waals surface area contributed by atoms with Crippen molar-refractivity contribution in [3.05, 3.63) is 118 Å². The molecule has 168 valence electrons. The smallest absolute Gasteiger partial charge is 0.146 e. The molecule has 0 N–H and O–H groups in total. The highest BCUT2D eigenvalue weighted by atomic mass is 19.1. The van der Waals surface area contributed by atoms with Crippen molar-refractivity contribution >= 4 is 10.8 Å². The first-order valence-electron chi connectivity index (χ1n) is 12.1. The van der Waals surface area contributed by atoms with Gasteiger partial charge in [-0.2, -0.15) is 0 Å². The topological polar surface area (TPSA) is 0 Å². The molecule has 34 heavy (non-hydrogen) atoms. The van der Waals surface area contributed by atoms with E-state index >= 15 is 4.39 Å². The minimum atomic E-state index is -0.282. The third-order valence-corrected chi connectivity index (χ3v) is 5.91. The molecule has 4 aromatic rings. The summed E-state index contributed by atoms with van der Waals surface area (Å²) in [6.45, 7) is 4.37. The minimum absolute atomic E-state index is 0.282. The van der Waals surface area contributed by atoms with Crippen LogP contribution in [0.3, 0.4) is 0 Å². The maximum absolute atomic E-state index is 15.1. The zero-order valence-electron chi connectivity index (χ0n) is 19.9. The van der Waals surface area contributed by atoms with E-state index in [0.717, 1.165) is 41.3 Å². The fourth-order valence-corrected chi connectivity index (χ4v) is 3.93. The van der Waals surface area contributed by atoms with Crippen molar-refractivity contribution < 1.29 is 4.39 Å². The van der Waals surface area contributed by atoms with Gasteiger partial charge >= 0.3 is 0 Å². The highest BCUT2D eigenvalue weighted by molar-refractivity contribution is 5.86. The number of halogens is 1. The van der Waals surface area contributed by atoms with Gasteiger partial charge in [-0.05, 0) is 78.2 Å². The van der Waals surface area contributed by atoms with Gasteiger partial charge in [0.2, 0.25) is 0 Å². The fraction of sp³-hybridized carbons (Fsp3) is 0.212. The molecule has 4 aromatic carbocycles. The van der Waals surface area contributed by atoms with Gasteiger partial charge in [0.15, 0.2) is 0 Å². The van der Waals surface area contributed by atoms with Crippen molar-refractivity contribution in [1.82, 2.24) is 0 Å². The van der Waals surface area contributed by atoms with Gasteiger partial charge in [0.25, 0.3) is 0 Å².